The van der Waals surface area contributed by atoms with Gasteiger partial charge in [-0.05, 0) is 49.8 Å². The van der Waals surface area contributed by atoms with Gasteiger partial charge in [-0.1, -0.05) is 35.9 Å². The summed E-state index contributed by atoms with van der Waals surface area (Å²) in [7, 11) is 1.76. The first-order valence-corrected chi connectivity index (χ1v) is 9.59. The number of hydrogen-bond donors (Lipinski definition) is 2. The molecule has 0 bridgehead atoms. The Hall–Kier alpha value is -3.26. The van der Waals surface area contributed by atoms with Crippen LogP contribution in [0.5, 0.6) is 0 Å². The van der Waals surface area contributed by atoms with E-state index < -0.39 is 0 Å². The van der Waals surface area contributed by atoms with Crippen molar-refractivity contribution in [3.8, 4) is 0 Å². The first-order chi connectivity index (χ1) is 13.8. The number of rotatable bonds is 6. The van der Waals surface area contributed by atoms with Crippen LogP contribution in [-0.4, -0.2) is 26.2 Å². The molecular weight excluding hydrogens is 386 g/mol. The number of aryl methyl sites for hydroxylation is 2. The monoisotopic (exact) mass is 409 g/mol. The topological polar surface area (TPSA) is 81.0 Å². The van der Waals surface area contributed by atoms with E-state index in [4.69, 9.17) is 12.2 Å². The first-order valence-electron chi connectivity index (χ1n) is 9.18. The van der Waals surface area contributed by atoms with Crippen LogP contribution in [0.15, 0.2) is 48.5 Å². The Bertz CT molecular complexity index is 1100. The van der Waals surface area contributed by atoms with Gasteiger partial charge in [-0.25, -0.2) is 4.68 Å². The number of amides is 2. The van der Waals surface area contributed by atoms with Crippen molar-refractivity contribution in [1.29, 1.82) is 0 Å². The molecular formula is C21H23N5O2S. The molecule has 150 valence electrons. The normalized spacial score (nSPS) is 10.6. The van der Waals surface area contributed by atoms with Gasteiger partial charge >= 0.3 is 0 Å². The highest BCUT2D eigenvalue weighted by atomic mass is 32.1. The minimum absolute atomic E-state index is 0.00765. The van der Waals surface area contributed by atoms with Gasteiger partial charge in [-0.3, -0.25) is 9.59 Å². The predicted molar refractivity (Wildman–Crippen MR) is 114 cm³/mol. The summed E-state index contributed by atoms with van der Waals surface area (Å²) >= 11 is 5.38. The maximum atomic E-state index is 12.4. The lowest BCUT2D eigenvalue weighted by Gasteiger charge is -2.07. The molecule has 0 saturated heterocycles. The fourth-order valence-electron chi connectivity index (χ4n) is 2.85. The number of nitrogens with one attached hydrogen (secondary N) is 2. The Kier molecular flexibility index (Phi) is 6.23. The van der Waals surface area contributed by atoms with Gasteiger partial charge in [0.25, 0.3) is 5.91 Å². The molecule has 29 heavy (non-hydrogen) atoms. The van der Waals surface area contributed by atoms with E-state index in [1.54, 1.807) is 17.7 Å². The van der Waals surface area contributed by atoms with Gasteiger partial charge in [0, 0.05) is 18.3 Å². The van der Waals surface area contributed by atoms with Gasteiger partial charge in [0.1, 0.15) is 6.54 Å². The van der Waals surface area contributed by atoms with E-state index in [-0.39, 0.29) is 24.9 Å². The molecule has 0 aliphatic rings. The zero-order valence-corrected chi connectivity index (χ0v) is 17.4. The molecule has 7 nitrogen and oxygen atoms in total. The van der Waals surface area contributed by atoms with Crippen molar-refractivity contribution in [3.05, 3.63) is 75.8 Å². The summed E-state index contributed by atoms with van der Waals surface area (Å²) < 4.78 is 3.55. The molecule has 8 heteroatoms. The number of benzene rings is 2. The van der Waals surface area contributed by atoms with Gasteiger partial charge in [0.2, 0.25) is 5.91 Å². The maximum absolute atomic E-state index is 12.4. The largest absolute Gasteiger partial charge is 0.345 e. The zero-order chi connectivity index (χ0) is 21.0. The highest BCUT2D eigenvalue weighted by molar-refractivity contribution is 7.71. The predicted octanol–water partition coefficient (Wildman–Crippen LogP) is 3.14. The van der Waals surface area contributed by atoms with Crippen LogP contribution in [0.3, 0.4) is 0 Å². The van der Waals surface area contributed by atoms with Crippen molar-refractivity contribution < 1.29 is 9.59 Å². The smallest absolute Gasteiger partial charge is 0.251 e. The third kappa shape index (κ3) is 4.97. The van der Waals surface area contributed by atoms with Gasteiger partial charge in [0.15, 0.2) is 10.6 Å². The van der Waals surface area contributed by atoms with Crippen molar-refractivity contribution in [2.45, 2.75) is 26.9 Å². The Labute approximate surface area is 174 Å². The van der Waals surface area contributed by atoms with Crippen molar-refractivity contribution in [3.63, 3.8) is 0 Å². The summed E-state index contributed by atoms with van der Waals surface area (Å²) in [5, 5.41) is 10.1. The molecule has 1 aromatic heterocycles. The van der Waals surface area contributed by atoms with Crippen LogP contribution in [0.2, 0.25) is 0 Å². The number of carbonyl (C=O) groups excluding carboxylic acids is 2. The molecule has 2 amide bonds. The minimum atomic E-state index is -0.224. The summed E-state index contributed by atoms with van der Waals surface area (Å²) in [5.74, 6) is 0.166. The van der Waals surface area contributed by atoms with Crippen molar-refractivity contribution in [2.75, 3.05) is 5.32 Å². The number of aromatic nitrogens is 3. The molecule has 3 aromatic rings. The molecule has 0 spiro atoms. The average Bonchev–Trinajstić information content (AvgIpc) is 2.96. The van der Waals surface area contributed by atoms with E-state index in [2.05, 4.69) is 15.7 Å². The van der Waals surface area contributed by atoms with Crippen LogP contribution in [-0.2, 0) is 24.9 Å². The van der Waals surface area contributed by atoms with E-state index in [1.807, 2.05) is 56.3 Å². The second kappa shape index (κ2) is 8.83. The van der Waals surface area contributed by atoms with Crippen molar-refractivity contribution in [1.82, 2.24) is 19.7 Å². The number of nitrogens with zero attached hydrogens (tertiary/aromatic N) is 3. The zero-order valence-electron chi connectivity index (χ0n) is 16.6. The minimum Gasteiger partial charge on any atom is -0.345 e. The molecule has 3 rings (SSSR count). The van der Waals surface area contributed by atoms with Crippen LogP contribution < -0.4 is 10.6 Å². The third-order valence-corrected chi connectivity index (χ3v) is 5.04. The van der Waals surface area contributed by atoms with E-state index in [1.165, 1.54) is 4.68 Å². The maximum Gasteiger partial charge on any atom is 0.251 e. The Morgan fingerprint density at radius 3 is 2.45 bits per heavy atom. The van der Waals surface area contributed by atoms with Crippen molar-refractivity contribution >= 4 is 29.7 Å². The molecule has 0 saturated carbocycles. The summed E-state index contributed by atoms with van der Waals surface area (Å²) in [6, 6.07) is 14.9. The molecule has 0 atom stereocenters. The van der Waals surface area contributed by atoms with E-state index >= 15 is 0 Å². The first kappa shape index (κ1) is 20.5. The molecule has 0 aliphatic heterocycles. The van der Waals surface area contributed by atoms with Crippen LogP contribution >= 0.6 is 12.2 Å². The van der Waals surface area contributed by atoms with Crippen molar-refractivity contribution in [2.24, 2.45) is 7.05 Å². The highest BCUT2D eigenvalue weighted by Gasteiger charge is 2.13. The second-order valence-corrected chi connectivity index (χ2v) is 7.19. The van der Waals surface area contributed by atoms with Gasteiger partial charge in [-0.15, -0.1) is 0 Å². The molecule has 1 heterocycles. The molecule has 0 aliphatic carbocycles. The Balaban J connectivity index is 1.65. The van der Waals surface area contributed by atoms with Crippen LogP contribution in [0, 0.1) is 18.6 Å². The molecule has 2 aromatic carbocycles. The lowest BCUT2D eigenvalue weighted by molar-refractivity contribution is -0.116. The van der Waals surface area contributed by atoms with Crippen LogP contribution in [0.25, 0.3) is 0 Å². The fourth-order valence-corrected chi connectivity index (χ4v) is 3.06. The lowest BCUT2D eigenvalue weighted by atomic mass is 10.1. The third-order valence-electron chi connectivity index (χ3n) is 4.56. The standard InChI is InChI=1S/C21H23N5O2S/c1-14-8-10-16(11-9-14)23-19(27)13-26-21(29)25(3)18(24-26)12-22-20(28)17-7-5-4-6-15(17)2/h4-11H,12-13H2,1-3H3,(H,22,28)(H,23,27). The lowest BCUT2D eigenvalue weighted by Crippen LogP contribution is -2.25. The van der Waals surface area contributed by atoms with Crippen LogP contribution in [0.1, 0.15) is 27.3 Å². The quantitative estimate of drug-likeness (QED) is 0.613. The Morgan fingerprint density at radius 1 is 1.07 bits per heavy atom. The highest BCUT2D eigenvalue weighted by Crippen LogP contribution is 2.10. The summed E-state index contributed by atoms with van der Waals surface area (Å²) in [5.41, 5.74) is 3.35. The molecule has 0 radical (unpaired) electrons. The molecule has 2 N–H and O–H groups in total. The molecule has 0 fully saturated rings. The Morgan fingerprint density at radius 2 is 1.76 bits per heavy atom. The second-order valence-electron chi connectivity index (χ2n) is 6.83. The summed E-state index contributed by atoms with van der Waals surface area (Å²) in [6.07, 6.45) is 0. The number of anilines is 1. The van der Waals surface area contributed by atoms with Gasteiger partial charge in [0.05, 0.1) is 6.54 Å². The summed E-state index contributed by atoms with van der Waals surface area (Å²) in [4.78, 5) is 24.7. The van der Waals surface area contributed by atoms with E-state index in [9.17, 15) is 9.59 Å². The number of hydrogen-bond acceptors (Lipinski definition) is 4. The molecule has 0 unspecified atom stereocenters. The van der Waals surface area contributed by atoms with Gasteiger partial charge < -0.3 is 15.2 Å². The van der Waals surface area contributed by atoms with Crippen LogP contribution in [0.4, 0.5) is 5.69 Å². The van der Waals surface area contributed by atoms with E-state index in [0.717, 1.165) is 11.1 Å². The average molecular weight is 410 g/mol. The van der Waals surface area contributed by atoms with E-state index in [0.29, 0.717) is 21.8 Å². The summed E-state index contributed by atoms with van der Waals surface area (Å²) in [6.45, 7) is 4.07. The fraction of sp³-hybridized carbons (Fsp3) is 0.238. The van der Waals surface area contributed by atoms with Gasteiger partial charge in [-0.2, -0.15) is 5.10 Å². The number of carbonyl (C=O) groups is 2. The SMILES string of the molecule is Cc1ccc(NC(=O)Cn2nc(CNC(=O)c3ccccc3C)n(C)c2=S)cc1.